The Morgan fingerprint density at radius 1 is 1.23 bits per heavy atom. The van der Waals surface area contributed by atoms with Gasteiger partial charge in [0.05, 0.1) is 17.1 Å². The molecular weight excluding hydrogens is 498 g/mol. The number of thiazole rings is 1. The number of benzene rings is 1. The van der Waals surface area contributed by atoms with Crippen molar-refractivity contribution < 1.29 is 22.9 Å². The number of nitrogens with two attached hydrogens (primary N) is 1. The molecule has 1 saturated heterocycles. The summed E-state index contributed by atoms with van der Waals surface area (Å²) in [5.74, 6) is -2.25. The van der Waals surface area contributed by atoms with E-state index in [-0.39, 0.29) is 23.3 Å². The van der Waals surface area contributed by atoms with Crippen molar-refractivity contribution >= 4 is 44.9 Å². The highest BCUT2D eigenvalue weighted by molar-refractivity contribution is 7.82. The highest BCUT2D eigenvalue weighted by atomic mass is 32.2. The number of aliphatic hydroxyl groups is 1. The number of nitrogens with one attached hydrogen (secondary N) is 2. The summed E-state index contributed by atoms with van der Waals surface area (Å²) in [5.41, 5.74) is 5.22. The van der Waals surface area contributed by atoms with Crippen LogP contribution in [0.5, 0.6) is 0 Å². The van der Waals surface area contributed by atoms with Gasteiger partial charge in [0.15, 0.2) is 5.13 Å². The van der Waals surface area contributed by atoms with Gasteiger partial charge in [0.1, 0.15) is 39.1 Å². The number of hydrogen-bond acceptors (Lipinski definition) is 9. The van der Waals surface area contributed by atoms with Gasteiger partial charge in [-0.2, -0.15) is 0 Å². The van der Waals surface area contributed by atoms with Crippen molar-refractivity contribution in [3.05, 3.63) is 58.6 Å². The normalized spacial score (nSPS) is 15.6. The van der Waals surface area contributed by atoms with Crippen LogP contribution in [0.4, 0.5) is 25.5 Å². The molecule has 1 aliphatic heterocycles. The van der Waals surface area contributed by atoms with Gasteiger partial charge in [0.2, 0.25) is 5.78 Å². The van der Waals surface area contributed by atoms with Gasteiger partial charge >= 0.3 is 0 Å². The average molecular weight is 523 g/mol. The van der Waals surface area contributed by atoms with Crippen molar-refractivity contribution in [2.75, 3.05) is 42.6 Å². The van der Waals surface area contributed by atoms with Gasteiger partial charge in [-0.3, -0.25) is 4.79 Å². The van der Waals surface area contributed by atoms with E-state index in [2.05, 4.69) is 20.6 Å². The minimum Gasteiger partial charge on any atom is -0.395 e. The Morgan fingerprint density at radius 2 is 1.94 bits per heavy atom. The lowest BCUT2D eigenvalue weighted by molar-refractivity contribution is 0.103. The molecule has 35 heavy (non-hydrogen) atoms. The molecule has 0 aliphatic carbocycles. The van der Waals surface area contributed by atoms with E-state index in [4.69, 9.17) is 10.8 Å². The minimum atomic E-state index is -1.36. The summed E-state index contributed by atoms with van der Waals surface area (Å²) in [7, 11) is -1.36. The molecule has 0 spiro atoms. The van der Waals surface area contributed by atoms with E-state index in [9.17, 15) is 17.8 Å². The van der Waals surface area contributed by atoms with Gasteiger partial charge in [-0.1, -0.05) is 17.4 Å². The number of nitrogen functional groups attached to an aromatic ring is 1. The number of pyridine rings is 1. The number of aliphatic hydroxyl groups excluding tert-OH is 1. The van der Waals surface area contributed by atoms with Gasteiger partial charge in [0, 0.05) is 31.9 Å². The number of carbonyl (C=O) groups excluding carboxylic acids is 1. The number of carbonyl (C=O) groups is 1. The van der Waals surface area contributed by atoms with E-state index in [0.717, 1.165) is 23.5 Å². The smallest absolute Gasteiger partial charge is 0.212 e. The highest BCUT2D eigenvalue weighted by Gasteiger charge is 2.27. The lowest BCUT2D eigenvalue weighted by atomic mass is 10.1. The fourth-order valence-corrected chi connectivity index (χ4v) is 5.72. The lowest BCUT2D eigenvalue weighted by Gasteiger charge is -2.31. The molecule has 1 atom stereocenters. The monoisotopic (exact) mass is 522 g/mol. The van der Waals surface area contributed by atoms with E-state index in [1.807, 2.05) is 4.31 Å². The molecule has 1 aromatic carbocycles. The topological polar surface area (TPSA) is 133 Å². The van der Waals surface area contributed by atoms with Gasteiger partial charge in [-0.15, -0.1) is 0 Å². The Morgan fingerprint density at radius 3 is 2.57 bits per heavy atom. The van der Waals surface area contributed by atoms with Crippen molar-refractivity contribution in [2.24, 2.45) is 0 Å². The predicted molar refractivity (Wildman–Crippen MR) is 131 cm³/mol. The number of nitrogens with zero attached hydrogens (tertiary/aromatic N) is 3. The molecule has 13 heteroatoms. The Kier molecular flexibility index (Phi) is 8.00. The van der Waals surface area contributed by atoms with Gasteiger partial charge in [0.25, 0.3) is 0 Å². The van der Waals surface area contributed by atoms with Crippen molar-refractivity contribution in [1.82, 2.24) is 14.3 Å². The maximum atomic E-state index is 14.0. The second kappa shape index (κ2) is 11.2. The zero-order chi connectivity index (χ0) is 24.9. The second-order valence-electron chi connectivity index (χ2n) is 7.79. The van der Waals surface area contributed by atoms with Crippen LogP contribution < -0.4 is 16.4 Å². The molecule has 4 rings (SSSR count). The van der Waals surface area contributed by atoms with Gasteiger partial charge < -0.3 is 21.5 Å². The summed E-state index contributed by atoms with van der Waals surface area (Å²) >= 11 is 0.951. The van der Waals surface area contributed by atoms with Crippen molar-refractivity contribution in [3.63, 3.8) is 0 Å². The third kappa shape index (κ3) is 5.81. The molecule has 0 bridgehead atoms. The first-order valence-electron chi connectivity index (χ1n) is 10.9. The van der Waals surface area contributed by atoms with Crippen molar-refractivity contribution in [2.45, 2.75) is 23.8 Å². The molecule has 1 unspecified atom stereocenters. The Hall–Kier alpha value is -3.00. The Bertz CT molecular complexity index is 1200. The van der Waals surface area contributed by atoms with Crippen LogP contribution in [0.15, 0.2) is 41.4 Å². The SMILES string of the molecule is Nc1nc(NC2CCN(S(=O)c3ccc(NCCO)nc3)CC2)sc1C(=O)c1c(F)cccc1F. The van der Waals surface area contributed by atoms with Gasteiger partial charge in [-0.25, -0.2) is 27.3 Å². The Labute approximate surface area is 207 Å². The molecular formula is C22H24F2N6O3S2. The van der Waals surface area contributed by atoms with Gasteiger partial charge in [-0.05, 0) is 37.1 Å². The number of hydrogen-bond donors (Lipinski definition) is 4. The number of ketones is 1. The van der Waals surface area contributed by atoms with E-state index >= 15 is 0 Å². The van der Waals surface area contributed by atoms with Crippen LogP contribution in [-0.2, 0) is 11.0 Å². The summed E-state index contributed by atoms with van der Waals surface area (Å²) in [6, 6.07) is 6.68. The summed E-state index contributed by atoms with van der Waals surface area (Å²) in [4.78, 5) is 21.6. The standard InChI is InChI=1S/C22H24F2N6O3S2/c23-15-2-1-3-16(24)18(15)19(32)20-21(25)29-22(34-20)28-13-6-9-30(10-7-13)35(33)14-4-5-17(27-12-14)26-8-11-31/h1-5,12-13,31H,6-11,25H2,(H,26,27)(H,28,29). The fourth-order valence-electron chi connectivity index (χ4n) is 3.65. The molecule has 3 aromatic rings. The van der Waals surface area contributed by atoms with Crippen LogP contribution >= 0.6 is 11.3 Å². The van der Waals surface area contributed by atoms with E-state index < -0.39 is 34.0 Å². The van der Waals surface area contributed by atoms with Crippen LogP contribution in [0, 0.1) is 11.6 Å². The van der Waals surface area contributed by atoms with Crippen LogP contribution in [0.25, 0.3) is 0 Å². The third-order valence-corrected chi connectivity index (χ3v) is 7.90. The molecule has 0 amide bonds. The quantitative estimate of drug-likeness (QED) is 0.315. The number of anilines is 3. The van der Waals surface area contributed by atoms with E-state index in [0.29, 0.717) is 48.3 Å². The largest absolute Gasteiger partial charge is 0.395 e. The molecule has 2 aromatic heterocycles. The molecule has 1 aliphatic rings. The zero-order valence-electron chi connectivity index (χ0n) is 18.5. The lowest BCUT2D eigenvalue weighted by Crippen LogP contribution is -2.40. The first-order chi connectivity index (χ1) is 16.9. The van der Waals surface area contributed by atoms with Crippen LogP contribution in [0.3, 0.4) is 0 Å². The first kappa shape index (κ1) is 25.1. The molecule has 3 heterocycles. The van der Waals surface area contributed by atoms with Crippen LogP contribution in [0.1, 0.15) is 28.1 Å². The number of halogens is 2. The summed E-state index contributed by atoms with van der Waals surface area (Å²) < 4.78 is 42.8. The van der Waals surface area contributed by atoms with E-state index in [1.54, 1.807) is 18.3 Å². The van der Waals surface area contributed by atoms with Crippen molar-refractivity contribution in [3.8, 4) is 0 Å². The minimum absolute atomic E-state index is 0.00475. The van der Waals surface area contributed by atoms with Crippen LogP contribution in [0.2, 0.25) is 0 Å². The molecule has 1 fully saturated rings. The maximum absolute atomic E-state index is 14.0. The average Bonchev–Trinajstić information content (AvgIpc) is 3.22. The number of aromatic nitrogens is 2. The third-order valence-electron chi connectivity index (χ3n) is 5.42. The number of piperidine rings is 1. The second-order valence-corrected chi connectivity index (χ2v) is 10.3. The van der Waals surface area contributed by atoms with Crippen LogP contribution in [-0.4, -0.2) is 61.7 Å². The van der Waals surface area contributed by atoms with E-state index in [1.165, 1.54) is 6.07 Å². The van der Waals surface area contributed by atoms with Crippen molar-refractivity contribution in [1.29, 1.82) is 0 Å². The molecule has 0 saturated carbocycles. The Balaban J connectivity index is 1.35. The molecule has 5 N–H and O–H groups in total. The molecule has 9 nitrogen and oxygen atoms in total. The summed E-state index contributed by atoms with van der Waals surface area (Å²) in [6.07, 6.45) is 2.88. The molecule has 0 radical (unpaired) electrons. The number of rotatable bonds is 9. The zero-order valence-corrected chi connectivity index (χ0v) is 20.2. The highest BCUT2D eigenvalue weighted by Crippen LogP contribution is 2.30. The predicted octanol–water partition coefficient (Wildman–Crippen LogP) is 2.63. The summed E-state index contributed by atoms with van der Waals surface area (Å²) in [6.45, 7) is 1.49. The fraction of sp³-hybridized carbons (Fsp3) is 0.318. The molecule has 186 valence electrons. The first-order valence-corrected chi connectivity index (χ1v) is 12.8. The summed E-state index contributed by atoms with van der Waals surface area (Å²) in [5, 5.41) is 15.4. The maximum Gasteiger partial charge on any atom is 0.212 e.